The third-order valence-electron chi connectivity index (χ3n) is 5.63. The summed E-state index contributed by atoms with van der Waals surface area (Å²) in [5, 5.41) is 2.69. The van der Waals surface area contributed by atoms with Crippen molar-refractivity contribution in [1.82, 2.24) is 9.80 Å². The fraction of sp³-hybridized carbons (Fsp3) is 0.240. The van der Waals surface area contributed by atoms with Crippen molar-refractivity contribution in [1.29, 1.82) is 0 Å². The van der Waals surface area contributed by atoms with Gasteiger partial charge in [-0.05, 0) is 47.9 Å². The van der Waals surface area contributed by atoms with Crippen LogP contribution in [0.25, 0.3) is 0 Å². The van der Waals surface area contributed by atoms with Gasteiger partial charge in [-0.1, -0.05) is 48.5 Å². The van der Waals surface area contributed by atoms with E-state index >= 15 is 0 Å². The van der Waals surface area contributed by atoms with Crippen LogP contribution in [0.15, 0.2) is 72.8 Å². The number of amides is 2. The van der Waals surface area contributed by atoms with E-state index in [0.717, 1.165) is 16.7 Å². The van der Waals surface area contributed by atoms with Crippen LogP contribution in [0.4, 0.5) is 19.3 Å². The van der Waals surface area contributed by atoms with E-state index < -0.39 is 5.82 Å². The van der Waals surface area contributed by atoms with Gasteiger partial charge in [-0.2, -0.15) is 0 Å². The summed E-state index contributed by atoms with van der Waals surface area (Å²) in [5.41, 5.74) is 3.20. The van der Waals surface area contributed by atoms with Gasteiger partial charge >= 0.3 is 6.03 Å². The number of hydrogen-bond acceptors (Lipinski definition) is 2. The Balaban J connectivity index is 1.47. The zero-order valence-electron chi connectivity index (χ0n) is 17.4. The number of hydrogen-bond donors (Lipinski definition) is 1. The first-order chi connectivity index (χ1) is 15.0. The minimum absolute atomic E-state index is 0.0266. The molecule has 1 fully saturated rings. The van der Waals surface area contributed by atoms with Crippen LogP contribution in [-0.4, -0.2) is 42.0 Å². The molecule has 0 spiro atoms. The lowest BCUT2D eigenvalue weighted by molar-refractivity contribution is 0.126. The molecule has 1 N–H and O–H groups in total. The number of aryl methyl sites for hydroxylation is 1. The molecule has 160 valence electrons. The molecule has 3 aromatic carbocycles. The smallest absolute Gasteiger partial charge is 0.322 e. The van der Waals surface area contributed by atoms with Crippen molar-refractivity contribution in [3.05, 3.63) is 101 Å². The zero-order valence-corrected chi connectivity index (χ0v) is 17.4. The van der Waals surface area contributed by atoms with Crippen molar-refractivity contribution in [2.24, 2.45) is 0 Å². The van der Waals surface area contributed by atoms with Crippen molar-refractivity contribution in [2.45, 2.75) is 13.0 Å². The summed E-state index contributed by atoms with van der Waals surface area (Å²) in [6.07, 6.45) is 0. The second-order valence-electron chi connectivity index (χ2n) is 7.80. The number of piperazine rings is 1. The van der Waals surface area contributed by atoms with E-state index in [1.807, 2.05) is 37.3 Å². The normalized spacial score (nSPS) is 15.5. The van der Waals surface area contributed by atoms with Gasteiger partial charge in [-0.15, -0.1) is 0 Å². The average Bonchev–Trinajstić information content (AvgIpc) is 2.79. The quantitative estimate of drug-likeness (QED) is 0.628. The number of urea groups is 1. The van der Waals surface area contributed by atoms with E-state index in [-0.39, 0.29) is 23.6 Å². The zero-order chi connectivity index (χ0) is 21.8. The predicted octanol–water partition coefficient (Wildman–Crippen LogP) is 5.21. The van der Waals surface area contributed by atoms with Crippen molar-refractivity contribution in [2.75, 3.05) is 31.5 Å². The first-order valence-corrected chi connectivity index (χ1v) is 10.4. The Kier molecular flexibility index (Phi) is 6.28. The second kappa shape index (κ2) is 9.27. The third kappa shape index (κ3) is 4.91. The maximum absolute atomic E-state index is 14.0. The summed E-state index contributed by atoms with van der Waals surface area (Å²) >= 11 is 0. The Morgan fingerprint density at radius 1 is 0.871 bits per heavy atom. The number of nitrogens with zero attached hydrogens (tertiary/aromatic N) is 2. The summed E-state index contributed by atoms with van der Waals surface area (Å²) < 4.78 is 27.5. The molecule has 1 saturated heterocycles. The predicted molar refractivity (Wildman–Crippen MR) is 118 cm³/mol. The van der Waals surface area contributed by atoms with Crippen molar-refractivity contribution >= 4 is 11.7 Å². The molecule has 1 atom stereocenters. The fourth-order valence-corrected chi connectivity index (χ4v) is 4.01. The lowest BCUT2D eigenvalue weighted by atomic mass is 9.96. The molecular weight excluding hydrogens is 396 g/mol. The number of carbonyl (C=O) groups is 1. The Morgan fingerprint density at radius 3 is 2.19 bits per heavy atom. The van der Waals surface area contributed by atoms with Gasteiger partial charge in [-0.3, -0.25) is 4.90 Å². The Morgan fingerprint density at radius 2 is 1.52 bits per heavy atom. The van der Waals surface area contributed by atoms with Crippen molar-refractivity contribution in [3.8, 4) is 0 Å². The number of halogens is 2. The highest BCUT2D eigenvalue weighted by molar-refractivity contribution is 5.89. The highest BCUT2D eigenvalue weighted by Crippen LogP contribution is 2.30. The molecule has 0 aromatic heterocycles. The molecule has 4 rings (SSSR count). The number of nitrogens with one attached hydrogen (secondary N) is 1. The maximum atomic E-state index is 14.0. The molecule has 1 heterocycles. The lowest BCUT2D eigenvalue weighted by Crippen LogP contribution is -2.51. The molecule has 0 radical (unpaired) electrons. The van der Waals surface area contributed by atoms with Crippen LogP contribution in [0.2, 0.25) is 0 Å². The Hall–Kier alpha value is -3.25. The second-order valence-corrected chi connectivity index (χ2v) is 7.80. The van der Waals surface area contributed by atoms with E-state index in [2.05, 4.69) is 22.3 Å². The summed E-state index contributed by atoms with van der Waals surface area (Å²) in [6.45, 7) is 4.20. The van der Waals surface area contributed by atoms with E-state index in [1.54, 1.807) is 17.0 Å². The van der Waals surface area contributed by atoms with Gasteiger partial charge in [0.25, 0.3) is 0 Å². The van der Waals surface area contributed by atoms with Gasteiger partial charge in [0, 0.05) is 26.2 Å². The molecule has 0 bridgehead atoms. The van der Waals surface area contributed by atoms with E-state index in [4.69, 9.17) is 0 Å². The van der Waals surface area contributed by atoms with Gasteiger partial charge in [0.05, 0.1) is 11.7 Å². The SMILES string of the molecule is Cc1ccc(F)c(NC(=O)N2CCN([C@@H](c3ccccc3)c3ccc(F)cc3)CC2)c1. The highest BCUT2D eigenvalue weighted by atomic mass is 19.1. The van der Waals surface area contributed by atoms with Crippen LogP contribution >= 0.6 is 0 Å². The van der Waals surface area contributed by atoms with Crippen molar-refractivity contribution in [3.63, 3.8) is 0 Å². The number of benzene rings is 3. The van der Waals surface area contributed by atoms with Gasteiger partial charge in [0.1, 0.15) is 11.6 Å². The van der Waals surface area contributed by atoms with Crippen LogP contribution in [-0.2, 0) is 0 Å². The molecule has 1 aliphatic rings. The summed E-state index contributed by atoms with van der Waals surface area (Å²) in [7, 11) is 0. The van der Waals surface area contributed by atoms with Crippen LogP contribution in [0.3, 0.4) is 0 Å². The molecular formula is C25H25F2N3O. The largest absolute Gasteiger partial charge is 0.322 e. The van der Waals surface area contributed by atoms with Crippen LogP contribution in [0.1, 0.15) is 22.7 Å². The molecule has 2 amide bonds. The summed E-state index contributed by atoms with van der Waals surface area (Å²) in [4.78, 5) is 16.7. The minimum atomic E-state index is -0.446. The first kappa shape index (κ1) is 21.0. The monoisotopic (exact) mass is 421 g/mol. The fourth-order valence-electron chi connectivity index (χ4n) is 4.01. The standard InChI is InChI=1S/C25H25F2N3O/c1-18-7-12-22(27)23(17-18)28-25(31)30-15-13-29(14-16-30)24(19-5-3-2-4-6-19)20-8-10-21(26)11-9-20/h2-12,17,24H,13-16H2,1H3,(H,28,31)/t24-/m0/s1. The van der Waals surface area contributed by atoms with Gasteiger partial charge < -0.3 is 10.2 Å². The molecule has 4 nitrogen and oxygen atoms in total. The van der Waals surface area contributed by atoms with Gasteiger partial charge in [0.2, 0.25) is 0 Å². The number of rotatable bonds is 4. The highest BCUT2D eigenvalue weighted by Gasteiger charge is 2.28. The minimum Gasteiger partial charge on any atom is -0.322 e. The lowest BCUT2D eigenvalue weighted by Gasteiger charge is -2.39. The molecule has 1 aliphatic heterocycles. The first-order valence-electron chi connectivity index (χ1n) is 10.4. The van der Waals surface area contributed by atoms with E-state index in [9.17, 15) is 13.6 Å². The van der Waals surface area contributed by atoms with Gasteiger partial charge in [0.15, 0.2) is 0 Å². The summed E-state index contributed by atoms with van der Waals surface area (Å²) in [6, 6.07) is 21.0. The molecule has 6 heteroatoms. The van der Waals surface area contributed by atoms with Crippen LogP contribution < -0.4 is 5.32 Å². The third-order valence-corrected chi connectivity index (χ3v) is 5.63. The molecule has 31 heavy (non-hydrogen) atoms. The molecule has 0 aliphatic carbocycles. The maximum Gasteiger partial charge on any atom is 0.322 e. The Labute approximate surface area is 181 Å². The van der Waals surface area contributed by atoms with Gasteiger partial charge in [-0.25, -0.2) is 13.6 Å². The topological polar surface area (TPSA) is 35.6 Å². The molecule has 0 saturated carbocycles. The molecule has 0 unspecified atom stereocenters. The average molecular weight is 421 g/mol. The number of carbonyl (C=O) groups excluding carboxylic acids is 1. The molecule has 3 aromatic rings. The van der Waals surface area contributed by atoms with Crippen LogP contribution in [0, 0.1) is 18.6 Å². The van der Waals surface area contributed by atoms with E-state index in [0.29, 0.717) is 26.2 Å². The van der Waals surface area contributed by atoms with E-state index in [1.165, 1.54) is 18.2 Å². The van der Waals surface area contributed by atoms with Crippen molar-refractivity contribution < 1.29 is 13.6 Å². The summed E-state index contributed by atoms with van der Waals surface area (Å²) in [5.74, 6) is -0.710. The number of anilines is 1. The Bertz CT molecular complexity index is 1030. The van der Waals surface area contributed by atoms with Crippen LogP contribution in [0.5, 0.6) is 0 Å².